The van der Waals surface area contributed by atoms with E-state index < -0.39 is 23.8 Å². The van der Waals surface area contributed by atoms with Crippen LogP contribution in [0.2, 0.25) is 0 Å². The van der Waals surface area contributed by atoms with Crippen LogP contribution in [0.5, 0.6) is 23.0 Å². The number of esters is 2. The Morgan fingerprint density at radius 3 is 2.33 bits per heavy atom. The molecule has 0 amide bonds. The van der Waals surface area contributed by atoms with E-state index in [-0.39, 0.29) is 25.6 Å². The van der Waals surface area contributed by atoms with Crippen LogP contribution in [0, 0.1) is 5.92 Å². The summed E-state index contributed by atoms with van der Waals surface area (Å²) in [4.78, 5) is 26.2. The van der Waals surface area contributed by atoms with E-state index in [1.54, 1.807) is 46.3 Å². The fraction of sp³-hybridized carbons (Fsp3) is 0.360. The number of benzene rings is 2. The normalized spacial score (nSPS) is 18.1. The Bertz CT molecular complexity index is 1100. The van der Waals surface area contributed by atoms with Crippen LogP contribution >= 0.6 is 0 Å². The molecule has 0 saturated carbocycles. The van der Waals surface area contributed by atoms with Gasteiger partial charge in [-0.05, 0) is 60.9 Å². The molecule has 1 aliphatic heterocycles. The van der Waals surface area contributed by atoms with Crippen molar-refractivity contribution in [1.82, 2.24) is 0 Å². The summed E-state index contributed by atoms with van der Waals surface area (Å²) in [5, 5.41) is 0. The molecule has 0 N–H and O–H groups in total. The number of methoxy groups -OCH3 is 2. The van der Waals surface area contributed by atoms with Crippen molar-refractivity contribution < 1.29 is 38.0 Å². The van der Waals surface area contributed by atoms with Gasteiger partial charge in [-0.25, -0.2) is 4.79 Å². The van der Waals surface area contributed by atoms with Gasteiger partial charge in [0, 0.05) is 5.92 Å². The van der Waals surface area contributed by atoms with E-state index in [0.29, 0.717) is 23.0 Å². The molecule has 174 valence electrons. The average molecular weight is 454 g/mol. The summed E-state index contributed by atoms with van der Waals surface area (Å²) in [5.74, 6) is -0.345. The van der Waals surface area contributed by atoms with E-state index in [9.17, 15) is 9.59 Å². The minimum absolute atomic E-state index is 0.125. The van der Waals surface area contributed by atoms with Gasteiger partial charge < -0.3 is 28.4 Å². The average Bonchev–Trinajstić information content (AvgIpc) is 3.30. The van der Waals surface area contributed by atoms with Crippen molar-refractivity contribution in [3.63, 3.8) is 0 Å². The largest absolute Gasteiger partial charge is 0.493 e. The van der Waals surface area contributed by atoms with Gasteiger partial charge in [0.15, 0.2) is 23.0 Å². The van der Waals surface area contributed by atoms with Gasteiger partial charge in [0.2, 0.25) is 6.79 Å². The highest BCUT2D eigenvalue weighted by molar-refractivity contribution is 6.02. The molecule has 0 aromatic heterocycles. The molecular weight excluding hydrogens is 428 g/mol. The van der Waals surface area contributed by atoms with Gasteiger partial charge >= 0.3 is 11.9 Å². The highest BCUT2D eigenvalue weighted by atomic mass is 16.7. The van der Waals surface area contributed by atoms with Crippen molar-refractivity contribution in [1.29, 1.82) is 0 Å². The third kappa shape index (κ3) is 4.08. The Kier molecular flexibility index (Phi) is 6.44. The van der Waals surface area contributed by atoms with Crippen LogP contribution in [0.4, 0.5) is 0 Å². The van der Waals surface area contributed by atoms with Gasteiger partial charge in [0.05, 0.1) is 38.9 Å². The quantitative estimate of drug-likeness (QED) is 0.585. The van der Waals surface area contributed by atoms with E-state index in [1.807, 2.05) is 18.2 Å². The topological polar surface area (TPSA) is 89.5 Å². The molecule has 0 spiro atoms. The summed E-state index contributed by atoms with van der Waals surface area (Å²) < 4.78 is 32.7. The first-order chi connectivity index (χ1) is 16.0. The molecule has 8 nitrogen and oxygen atoms in total. The van der Waals surface area contributed by atoms with E-state index in [1.165, 1.54) is 0 Å². The van der Waals surface area contributed by atoms with Crippen molar-refractivity contribution in [3.8, 4) is 23.0 Å². The second-order valence-electron chi connectivity index (χ2n) is 7.48. The van der Waals surface area contributed by atoms with Gasteiger partial charge in [0.1, 0.15) is 0 Å². The smallest absolute Gasteiger partial charge is 0.334 e. The lowest BCUT2D eigenvalue weighted by Gasteiger charge is -2.33. The number of rotatable bonds is 7. The zero-order chi connectivity index (χ0) is 23.5. The molecule has 8 heteroatoms. The maximum absolute atomic E-state index is 13.2. The van der Waals surface area contributed by atoms with Crippen molar-refractivity contribution in [2.24, 2.45) is 5.92 Å². The molecule has 0 fully saturated rings. The molecule has 2 aromatic rings. The minimum Gasteiger partial charge on any atom is -0.493 e. The lowest BCUT2D eigenvalue weighted by molar-refractivity contribution is -0.150. The predicted octanol–water partition coefficient (Wildman–Crippen LogP) is 3.70. The zero-order valence-electron chi connectivity index (χ0n) is 19.0. The van der Waals surface area contributed by atoms with Crippen LogP contribution in [-0.4, -0.2) is 46.2 Å². The first-order valence-corrected chi connectivity index (χ1v) is 10.7. The van der Waals surface area contributed by atoms with Crippen LogP contribution in [0.15, 0.2) is 35.9 Å². The predicted molar refractivity (Wildman–Crippen MR) is 119 cm³/mol. The maximum Gasteiger partial charge on any atom is 0.334 e. The minimum atomic E-state index is -0.921. The van der Waals surface area contributed by atoms with Crippen molar-refractivity contribution in [2.45, 2.75) is 19.8 Å². The van der Waals surface area contributed by atoms with Gasteiger partial charge in [-0.2, -0.15) is 0 Å². The summed E-state index contributed by atoms with van der Waals surface area (Å²) >= 11 is 0. The molecule has 4 rings (SSSR count). The maximum atomic E-state index is 13.2. The number of hydrogen-bond acceptors (Lipinski definition) is 8. The Labute approximate surface area is 192 Å². The first-order valence-electron chi connectivity index (χ1n) is 10.7. The third-order valence-electron chi connectivity index (χ3n) is 5.71. The standard InChI is InChI=1S/C25H26O8/c1-5-30-24(26)17-9-15-11-19(28-3)20(29-4)12-16(15)22(23(17)25(27)31-6-2)14-7-8-18-21(10-14)33-13-32-18/h7-12,22-23H,5-6,13H2,1-4H3/t22-,23-/m0/s1. The highest BCUT2D eigenvalue weighted by Crippen LogP contribution is 2.48. The summed E-state index contributed by atoms with van der Waals surface area (Å²) in [5.41, 5.74) is 2.50. The van der Waals surface area contributed by atoms with E-state index in [4.69, 9.17) is 28.4 Å². The summed E-state index contributed by atoms with van der Waals surface area (Å²) in [7, 11) is 3.09. The van der Waals surface area contributed by atoms with E-state index in [0.717, 1.165) is 16.7 Å². The van der Waals surface area contributed by atoms with E-state index >= 15 is 0 Å². The third-order valence-corrected chi connectivity index (χ3v) is 5.71. The first kappa shape index (κ1) is 22.5. The van der Waals surface area contributed by atoms with Crippen molar-refractivity contribution in [3.05, 3.63) is 52.6 Å². The molecule has 0 radical (unpaired) electrons. The van der Waals surface area contributed by atoms with Crippen LogP contribution in [0.1, 0.15) is 36.5 Å². The summed E-state index contributed by atoms with van der Waals surface area (Å²) in [6.07, 6.45) is 1.67. The van der Waals surface area contributed by atoms with Crippen LogP contribution < -0.4 is 18.9 Å². The number of carbonyl (C=O) groups excluding carboxylic acids is 2. The molecule has 2 aromatic carbocycles. The summed E-state index contributed by atoms with van der Waals surface area (Å²) in [6.45, 7) is 3.93. The lowest BCUT2D eigenvalue weighted by Crippen LogP contribution is -2.33. The van der Waals surface area contributed by atoms with Gasteiger partial charge in [-0.3, -0.25) is 4.79 Å². The molecule has 2 aliphatic rings. The molecule has 1 heterocycles. The zero-order valence-corrected chi connectivity index (χ0v) is 19.0. The van der Waals surface area contributed by atoms with Crippen molar-refractivity contribution in [2.75, 3.05) is 34.2 Å². The highest BCUT2D eigenvalue weighted by Gasteiger charge is 2.43. The number of carbonyl (C=O) groups is 2. The van der Waals surface area contributed by atoms with Gasteiger partial charge in [0.25, 0.3) is 0 Å². The van der Waals surface area contributed by atoms with Gasteiger partial charge in [-0.15, -0.1) is 0 Å². The second kappa shape index (κ2) is 9.44. The number of ether oxygens (including phenoxy) is 6. The van der Waals surface area contributed by atoms with Crippen LogP contribution in [0.3, 0.4) is 0 Å². The Morgan fingerprint density at radius 2 is 1.64 bits per heavy atom. The van der Waals surface area contributed by atoms with Crippen LogP contribution in [-0.2, 0) is 19.1 Å². The Morgan fingerprint density at radius 1 is 0.939 bits per heavy atom. The fourth-order valence-corrected chi connectivity index (χ4v) is 4.30. The SMILES string of the molecule is CCOC(=O)C1=Cc2cc(OC)c(OC)cc2[C@H](c2ccc3c(c2)OCO3)[C@H]1C(=O)OCC. The number of fused-ring (bicyclic) bond motifs is 2. The molecule has 33 heavy (non-hydrogen) atoms. The molecule has 0 saturated heterocycles. The van der Waals surface area contributed by atoms with E-state index in [2.05, 4.69) is 0 Å². The molecule has 0 unspecified atom stereocenters. The monoisotopic (exact) mass is 454 g/mol. The lowest BCUT2D eigenvalue weighted by atomic mass is 9.71. The Hall–Kier alpha value is -3.68. The molecular formula is C25H26O8. The molecule has 1 aliphatic carbocycles. The molecule has 2 atom stereocenters. The van der Waals surface area contributed by atoms with Gasteiger partial charge in [-0.1, -0.05) is 6.07 Å². The fourth-order valence-electron chi connectivity index (χ4n) is 4.30. The molecule has 0 bridgehead atoms. The second-order valence-corrected chi connectivity index (χ2v) is 7.48. The summed E-state index contributed by atoms with van der Waals surface area (Å²) in [6, 6.07) is 9.10. The van der Waals surface area contributed by atoms with Crippen LogP contribution in [0.25, 0.3) is 6.08 Å². The Balaban J connectivity index is 1.96. The number of hydrogen-bond donors (Lipinski definition) is 0. The van der Waals surface area contributed by atoms with Crippen molar-refractivity contribution >= 4 is 18.0 Å².